The SMILES string of the molecule is CCOC(=O)C(=O)Nc1cc(Cl)c(Oc2ccc(O)c(Cc3ccc(F)cc3)c2)c(Cl)c1. The Hall–Kier alpha value is -3.29. The summed E-state index contributed by atoms with van der Waals surface area (Å²) in [5, 5.41) is 12.7. The molecule has 0 aliphatic rings. The van der Waals surface area contributed by atoms with Crippen molar-refractivity contribution in [3.05, 3.63) is 81.6 Å². The lowest BCUT2D eigenvalue weighted by molar-refractivity contribution is -0.152. The van der Waals surface area contributed by atoms with E-state index in [0.717, 1.165) is 5.56 Å². The monoisotopic (exact) mass is 477 g/mol. The van der Waals surface area contributed by atoms with Gasteiger partial charge in [0.05, 0.1) is 16.7 Å². The van der Waals surface area contributed by atoms with Crippen molar-refractivity contribution < 1.29 is 28.6 Å². The van der Waals surface area contributed by atoms with E-state index in [0.29, 0.717) is 17.7 Å². The van der Waals surface area contributed by atoms with E-state index in [-0.39, 0.29) is 39.7 Å². The molecule has 3 aromatic rings. The Labute approximate surface area is 193 Å². The first kappa shape index (κ1) is 23.4. The van der Waals surface area contributed by atoms with Crippen molar-refractivity contribution in [3.63, 3.8) is 0 Å². The van der Waals surface area contributed by atoms with E-state index >= 15 is 0 Å². The van der Waals surface area contributed by atoms with Crippen LogP contribution in [0, 0.1) is 5.82 Å². The largest absolute Gasteiger partial charge is 0.508 e. The first-order valence-electron chi connectivity index (χ1n) is 9.48. The Bertz CT molecular complexity index is 1130. The second-order valence-corrected chi connectivity index (χ2v) is 7.45. The minimum Gasteiger partial charge on any atom is -0.508 e. The highest BCUT2D eigenvalue weighted by molar-refractivity contribution is 6.39. The van der Waals surface area contributed by atoms with E-state index in [4.69, 9.17) is 27.9 Å². The maximum atomic E-state index is 13.1. The Morgan fingerprint density at radius 1 is 1.03 bits per heavy atom. The number of amides is 1. The molecule has 2 N–H and O–H groups in total. The zero-order valence-corrected chi connectivity index (χ0v) is 18.3. The van der Waals surface area contributed by atoms with E-state index < -0.39 is 11.9 Å². The number of esters is 1. The molecule has 0 bridgehead atoms. The maximum Gasteiger partial charge on any atom is 0.397 e. The van der Waals surface area contributed by atoms with Crippen LogP contribution in [0.1, 0.15) is 18.1 Å². The number of rotatable bonds is 6. The van der Waals surface area contributed by atoms with E-state index in [9.17, 15) is 19.1 Å². The van der Waals surface area contributed by atoms with E-state index in [2.05, 4.69) is 10.1 Å². The Kier molecular flexibility index (Phi) is 7.56. The van der Waals surface area contributed by atoms with Crippen LogP contribution in [0.15, 0.2) is 54.6 Å². The summed E-state index contributed by atoms with van der Waals surface area (Å²) in [5.74, 6) is -1.81. The van der Waals surface area contributed by atoms with Crippen molar-refractivity contribution >= 4 is 40.8 Å². The van der Waals surface area contributed by atoms with Crippen LogP contribution in [0.2, 0.25) is 10.0 Å². The van der Waals surface area contributed by atoms with Crippen LogP contribution >= 0.6 is 23.2 Å². The van der Waals surface area contributed by atoms with Gasteiger partial charge in [-0.3, -0.25) is 4.79 Å². The molecule has 1 amide bonds. The molecule has 0 aromatic heterocycles. The van der Waals surface area contributed by atoms with E-state index in [1.807, 2.05) is 0 Å². The molecule has 6 nitrogen and oxygen atoms in total. The van der Waals surface area contributed by atoms with Crippen molar-refractivity contribution in [1.29, 1.82) is 0 Å². The Balaban J connectivity index is 1.78. The average molecular weight is 478 g/mol. The predicted molar refractivity (Wildman–Crippen MR) is 119 cm³/mol. The molecule has 0 spiro atoms. The van der Waals surface area contributed by atoms with Crippen molar-refractivity contribution in [2.75, 3.05) is 11.9 Å². The Morgan fingerprint density at radius 2 is 1.69 bits per heavy atom. The minimum atomic E-state index is -1.03. The third-order valence-electron chi connectivity index (χ3n) is 4.30. The minimum absolute atomic E-state index is 0.0518. The number of aromatic hydroxyl groups is 1. The van der Waals surface area contributed by atoms with Crippen LogP contribution in [-0.2, 0) is 20.7 Å². The van der Waals surface area contributed by atoms with Gasteiger partial charge in [0, 0.05) is 17.7 Å². The zero-order valence-electron chi connectivity index (χ0n) is 16.8. The number of carbonyl (C=O) groups excluding carboxylic acids is 2. The van der Waals surface area contributed by atoms with E-state index in [1.54, 1.807) is 25.1 Å². The highest BCUT2D eigenvalue weighted by Gasteiger charge is 2.18. The van der Waals surface area contributed by atoms with Gasteiger partial charge in [-0.2, -0.15) is 0 Å². The van der Waals surface area contributed by atoms with Gasteiger partial charge in [-0.25, -0.2) is 9.18 Å². The Morgan fingerprint density at radius 3 is 2.31 bits per heavy atom. The fourth-order valence-corrected chi connectivity index (χ4v) is 3.38. The number of phenols is 1. The summed E-state index contributed by atoms with van der Waals surface area (Å²) in [5.41, 5.74) is 1.55. The molecule has 0 saturated heterocycles. The molecule has 0 aliphatic carbocycles. The molecule has 9 heteroatoms. The third kappa shape index (κ3) is 5.90. The molecular weight excluding hydrogens is 460 g/mol. The van der Waals surface area contributed by atoms with Gasteiger partial charge >= 0.3 is 11.9 Å². The average Bonchev–Trinajstić information content (AvgIpc) is 2.74. The molecule has 0 heterocycles. The smallest absolute Gasteiger partial charge is 0.397 e. The van der Waals surface area contributed by atoms with Crippen molar-refractivity contribution in [2.45, 2.75) is 13.3 Å². The quantitative estimate of drug-likeness (QED) is 0.350. The highest BCUT2D eigenvalue weighted by atomic mass is 35.5. The van der Waals surface area contributed by atoms with Crippen LogP contribution < -0.4 is 10.1 Å². The molecule has 0 aliphatic heterocycles. The second kappa shape index (κ2) is 10.3. The molecule has 0 atom stereocenters. The number of carbonyl (C=O) groups is 2. The van der Waals surface area contributed by atoms with Gasteiger partial charge in [0.1, 0.15) is 17.3 Å². The summed E-state index contributed by atoms with van der Waals surface area (Å²) >= 11 is 12.5. The number of halogens is 3. The highest BCUT2D eigenvalue weighted by Crippen LogP contribution is 2.39. The molecule has 0 saturated carbocycles. The number of nitrogens with one attached hydrogen (secondary N) is 1. The zero-order chi connectivity index (χ0) is 23.3. The lowest BCUT2D eigenvalue weighted by atomic mass is 10.0. The summed E-state index contributed by atoms with van der Waals surface area (Å²) in [6, 6.07) is 13.3. The molecule has 0 fully saturated rings. The fraction of sp³-hybridized carbons (Fsp3) is 0.130. The molecule has 0 radical (unpaired) electrons. The number of phenolic OH excluding ortho intramolecular Hbond substituents is 1. The summed E-state index contributed by atoms with van der Waals surface area (Å²) in [7, 11) is 0. The summed E-state index contributed by atoms with van der Waals surface area (Å²) in [6.45, 7) is 1.65. The number of benzene rings is 3. The van der Waals surface area contributed by atoms with Gasteiger partial charge in [0.25, 0.3) is 0 Å². The number of anilines is 1. The van der Waals surface area contributed by atoms with Crippen molar-refractivity contribution in [3.8, 4) is 17.2 Å². The normalized spacial score (nSPS) is 10.5. The molecule has 0 unspecified atom stereocenters. The third-order valence-corrected chi connectivity index (χ3v) is 4.86. The van der Waals surface area contributed by atoms with Gasteiger partial charge in [-0.1, -0.05) is 35.3 Å². The van der Waals surface area contributed by atoms with E-state index in [1.165, 1.54) is 36.4 Å². The summed E-state index contributed by atoms with van der Waals surface area (Å²) in [4.78, 5) is 23.3. The van der Waals surface area contributed by atoms with Gasteiger partial charge in [0.15, 0.2) is 5.75 Å². The lowest BCUT2D eigenvalue weighted by Gasteiger charge is -2.13. The first-order valence-corrected chi connectivity index (χ1v) is 10.2. The molecule has 32 heavy (non-hydrogen) atoms. The second-order valence-electron chi connectivity index (χ2n) is 6.64. The molecule has 166 valence electrons. The van der Waals surface area contributed by atoms with Crippen LogP contribution in [0.25, 0.3) is 0 Å². The van der Waals surface area contributed by atoms with Crippen LogP contribution in [0.5, 0.6) is 17.2 Å². The fourth-order valence-electron chi connectivity index (χ4n) is 2.82. The molecule has 3 rings (SSSR count). The maximum absolute atomic E-state index is 13.1. The molecule has 3 aromatic carbocycles. The van der Waals surface area contributed by atoms with Crippen molar-refractivity contribution in [2.24, 2.45) is 0 Å². The van der Waals surface area contributed by atoms with Gasteiger partial charge < -0.3 is 19.9 Å². The first-order chi connectivity index (χ1) is 15.3. The van der Waals surface area contributed by atoms with Gasteiger partial charge in [0.2, 0.25) is 0 Å². The van der Waals surface area contributed by atoms with Crippen LogP contribution in [0.4, 0.5) is 10.1 Å². The van der Waals surface area contributed by atoms with Crippen LogP contribution in [-0.4, -0.2) is 23.6 Å². The number of ether oxygens (including phenoxy) is 2. The predicted octanol–water partition coefficient (Wildman–Crippen LogP) is 5.72. The van der Waals surface area contributed by atoms with Crippen molar-refractivity contribution in [1.82, 2.24) is 0 Å². The van der Waals surface area contributed by atoms with Gasteiger partial charge in [-0.15, -0.1) is 0 Å². The molecular formula is C23H18Cl2FNO5. The van der Waals surface area contributed by atoms with Crippen LogP contribution in [0.3, 0.4) is 0 Å². The lowest BCUT2D eigenvalue weighted by Crippen LogP contribution is -2.24. The standard InChI is InChI=1S/C23H18Cl2FNO5/c1-2-31-23(30)22(29)27-16-11-18(24)21(19(25)12-16)32-17-7-8-20(28)14(10-17)9-13-3-5-15(26)6-4-13/h3-8,10-12,28H,2,9H2,1H3,(H,27,29). The topological polar surface area (TPSA) is 84.9 Å². The number of hydrogen-bond donors (Lipinski definition) is 2. The van der Waals surface area contributed by atoms with Gasteiger partial charge in [-0.05, 0) is 55.0 Å². The summed E-state index contributed by atoms with van der Waals surface area (Å²) < 4.78 is 23.5. The summed E-state index contributed by atoms with van der Waals surface area (Å²) in [6.07, 6.45) is 0.351. The number of hydrogen-bond acceptors (Lipinski definition) is 5.